The summed E-state index contributed by atoms with van der Waals surface area (Å²) < 4.78 is 5.76. The van der Waals surface area contributed by atoms with Gasteiger partial charge < -0.3 is 15.0 Å². The Labute approximate surface area is 123 Å². The zero-order valence-corrected chi connectivity index (χ0v) is 13.4. The number of hydrogen-bond acceptors (Lipinski definition) is 3. The van der Waals surface area contributed by atoms with E-state index in [9.17, 15) is 4.79 Å². The molecule has 1 heterocycles. The zero-order valence-electron chi connectivity index (χ0n) is 13.4. The average molecular weight is 282 g/mol. The monoisotopic (exact) mass is 282 g/mol. The maximum Gasteiger partial charge on any atom is 0.222 e. The van der Waals surface area contributed by atoms with Crippen molar-refractivity contribution in [1.29, 1.82) is 0 Å². The fourth-order valence-electron chi connectivity index (χ4n) is 3.66. The summed E-state index contributed by atoms with van der Waals surface area (Å²) in [4.78, 5) is 14.4. The molecule has 0 unspecified atom stereocenters. The number of hydrogen-bond donors (Lipinski definition) is 1. The van der Waals surface area contributed by atoms with Crippen molar-refractivity contribution in [3.05, 3.63) is 0 Å². The maximum atomic E-state index is 12.5. The zero-order chi connectivity index (χ0) is 14.8. The third-order valence-electron chi connectivity index (χ3n) is 5.28. The molecule has 1 aliphatic heterocycles. The molecule has 1 amide bonds. The molecule has 4 nitrogen and oxygen atoms in total. The van der Waals surface area contributed by atoms with Crippen molar-refractivity contribution >= 4 is 5.91 Å². The van der Waals surface area contributed by atoms with Crippen LogP contribution in [0.25, 0.3) is 0 Å². The van der Waals surface area contributed by atoms with Gasteiger partial charge in [-0.1, -0.05) is 13.8 Å². The summed E-state index contributed by atoms with van der Waals surface area (Å²) in [6, 6.07) is 0.327. The van der Waals surface area contributed by atoms with Crippen LogP contribution in [0.5, 0.6) is 0 Å². The molecule has 4 heteroatoms. The van der Waals surface area contributed by atoms with Crippen LogP contribution in [-0.4, -0.2) is 49.7 Å². The van der Waals surface area contributed by atoms with Gasteiger partial charge in [0, 0.05) is 31.5 Å². The van der Waals surface area contributed by atoms with Crippen LogP contribution >= 0.6 is 0 Å². The Morgan fingerprint density at radius 1 is 1.35 bits per heavy atom. The van der Waals surface area contributed by atoms with Crippen LogP contribution in [0.3, 0.4) is 0 Å². The van der Waals surface area contributed by atoms with Crippen LogP contribution in [0, 0.1) is 11.3 Å². The summed E-state index contributed by atoms with van der Waals surface area (Å²) in [6.07, 6.45) is 4.26. The predicted octanol–water partition coefficient (Wildman–Crippen LogP) is 2.04. The Hall–Kier alpha value is -0.610. The van der Waals surface area contributed by atoms with Crippen LogP contribution in [0.1, 0.15) is 46.5 Å². The van der Waals surface area contributed by atoms with Crippen molar-refractivity contribution in [3.63, 3.8) is 0 Å². The minimum atomic E-state index is 0.0779. The first kappa shape index (κ1) is 15.8. The van der Waals surface area contributed by atoms with Crippen LogP contribution in [0.15, 0.2) is 0 Å². The minimum Gasteiger partial charge on any atom is -0.378 e. The lowest BCUT2D eigenvalue weighted by Gasteiger charge is -2.55. The van der Waals surface area contributed by atoms with E-state index >= 15 is 0 Å². The lowest BCUT2D eigenvalue weighted by Crippen LogP contribution is -2.62. The average Bonchev–Trinajstić information content (AvgIpc) is 2.43. The molecule has 2 rings (SSSR count). The third-order valence-corrected chi connectivity index (χ3v) is 5.28. The number of rotatable bonds is 5. The summed E-state index contributed by atoms with van der Waals surface area (Å²) in [5.74, 6) is 0.877. The van der Waals surface area contributed by atoms with Gasteiger partial charge in [-0.05, 0) is 45.2 Å². The van der Waals surface area contributed by atoms with E-state index in [1.807, 2.05) is 18.9 Å². The predicted molar refractivity (Wildman–Crippen MR) is 80.6 cm³/mol. The SMILES string of the molecule is CCO[C@H]1C[C@H](N(C)C(=O)CC2CCNCC2)C1(C)C. The highest BCUT2D eigenvalue weighted by Crippen LogP contribution is 2.45. The van der Waals surface area contributed by atoms with E-state index in [2.05, 4.69) is 19.2 Å². The molecule has 0 aromatic carbocycles. The number of ether oxygens (including phenoxy) is 1. The van der Waals surface area contributed by atoms with E-state index in [0.717, 1.165) is 39.0 Å². The molecule has 0 radical (unpaired) electrons. The quantitative estimate of drug-likeness (QED) is 0.839. The van der Waals surface area contributed by atoms with Crippen molar-refractivity contribution in [3.8, 4) is 0 Å². The molecule has 116 valence electrons. The molecule has 1 saturated heterocycles. The van der Waals surface area contributed by atoms with Gasteiger partial charge in [0.25, 0.3) is 0 Å². The second-order valence-corrected chi connectivity index (χ2v) is 6.92. The van der Waals surface area contributed by atoms with Gasteiger partial charge in [-0.3, -0.25) is 4.79 Å². The van der Waals surface area contributed by atoms with Crippen LogP contribution in [0.4, 0.5) is 0 Å². The number of amides is 1. The van der Waals surface area contributed by atoms with Crippen molar-refractivity contribution in [2.45, 2.75) is 58.6 Å². The molecule has 2 atom stereocenters. The topological polar surface area (TPSA) is 41.6 Å². The molecular weight excluding hydrogens is 252 g/mol. The fraction of sp³-hybridized carbons (Fsp3) is 0.938. The van der Waals surface area contributed by atoms with Gasteiger partial charge in [0.2, 0.25) is 5.91 Å². The summed E-state index contributed by atoms with van der Waals surface area (Å²) in [5.41, 5.74) is 0.0779. The summed E-state index contributed by atoms with van der Waals surface area (Å²) in [6.45, 7) is 9.35. The molecule has 2 fully saturated rings. The number of carbonyl (C=O) groups excluding carboxylic acids is 1. The summed E-state index contributed by atoms with van der Waals surface area (Å²) >= 11 is 0. The van der Waals surface area contributed by atoms with E-state index in [4.69, 9.17) is 4.74 Å². The van der Waals surface area contributed by atoms with Gasteiger partial charge in [0.1, 0.15) is 0 Å². The molecule has 0 bridgehead atoms. The van der Waals surface area contributed by atoms with Crippen molar-refractivity contribution in [1.82, 2.24) is 10.2 Å². The molecule has 2 aliphatic rings. The lowest BCUT2D eigenvalue weighted by atomic mass is 9.63. The third kappa shape index (κ3) is 3.17. The second-order valence-electron chi connectivity index (χ2n) is 6.92. The first-order chi connectivity index (χ1) is 9.46. The van der Waals surface area contributed by atoms with Gasteiger partial charge in [0.15, 0.2) is 0 Å². The molecule has 1 saturated carbocycles. The summed E-state index contributed by atoms with van der Waals surface area (Å²) in [7, 11) is 1.97. The Morgan fingerprint density at radius 3 is 2.55 bits per heavy atom. The molecule has 0 spiro atoms. The standard InChI is InChI=1S/C16H30N2O2/c1-5-20-14-11-13(16(14,2)3)18(4)15(19)10-12-6-8-17-9-7-12/h12-14,17H,5-11H2,1-4H3/t13-,14-/m0/s1. The van der Waals surface area contributed by atoms with Gasteiger partial charge in [-0.2, -0.15) is 0 Å². The van der Waals surface area contributed by atoms with Gasteiger partial charge >= 0.3 is 0 Å². The largest absolute Gasteiger partial charge is 0.378 e. The van der Waals surface area contributed by atoms with E-state index < -0.39 is 0 Å². The Bertz CT molecular complexity index is 337. The van der Waals surface area contributed by atoms with Gasteiger partial charge in [-0.15, -0.1) is 0 Å². The number of carbonyl (C=O) groups is 1. The smallest absolute Gasteiger partial charge is 0.222 e. The first-order valence-electron chi connectivity index (χ1n) is 8.04. The van der Waals surface area contributed by atoms with Crippen LogP contribution < -0.4 is 5.32 Å². The van der Waals surface area contributed by atoms with Crippen LogP contribution in [-0.2, 0) is 9.53 Å². The van der Waals surface area contributed by atoms with E-state index in [-0.39, 0.29) is 5.41 Å². The van der Waals surface area contributed by atoms with Crippen LogP contribution in [0.2, 0.25) is 0 Å². The number of nitrogens with zero attached hydrogens (tertiary/aromatic N) is 1. The molecule has 0 aromatic heterocycles. The number of nitrogens with one attached hydrogen (secondary N) is 1. The Balaban J connectivity index is 1.84. The minimum absolute atomic E-state index is 0.0779. The van der Waals surface area contributed by atoms with Crippen molar-refractivity contribution < 1.29 is 9.53 Å². The van der Waals surface area contributed by atoms with E-state index in [1.165, 1.54) is 0 Å². The highest BCUT2D eigenvalue weighted by atomic mass is 16.5. The van der Waals surface area contributed by atoms with Crippen molar-refractivity contribution in [2.24, 2.45) is 11.3 Å². The van der Waals surface area contributed by atoms with Gasteiger partial charge in [-0.25, -0.2) is 0 Å². The fourth-order valence-corrected chi connectivity index (χ4v) is 3.66. The van der Waals surface area contributed by atoms with E-state index in [1.54, 1.807) is 0 Å². The molecule has 1 N–H and O–H groups in total. The van der Waals surface area contributed by atoms with E-state index in [0.29, 0.717) is 30.4 Å². The molecule has 0 aromatic rings. The Morgan fingerprint density at radius 2 is 2.00 bits per heavy atom. The molecule has 20 heavy (non-hydrogen) atoms. The molecular formula is C16H30N2O2. The number of piperidine rings is 1. The summed E-state index contributed by atoms with van der Waals surface area (Å²) in [5, 5.41) is 3.35. The highest BCUT2D eigenvalue weighted by Gasteiger charge is 2.51. The maximum absolute atomic E-state index is 12.5. The normalized spacial score (nSPS) is 29.8. The second kappa shape index (κ2) is 6.44. The molecule has 1 aliphatic carbocycles. The van der Waals surface area contributed by atoms with Crippen molar-refractivity contribution in [2.75, 3.05) is 26.7 Å². The lowest BCUT2D eigenvalue weighted by molar-refractivity contribution is -0.164. The Kier molecular flexibility index (Phi) is 5.08. The highest BCUT2D eigenvalue weighted by molar-refractivity contribution is 5.76. The first-order valence-corrected chi connectivity index (χ1v) is 8.04. The van der Waals surface area contributed by atoms with Gasteiger partial charge in [0.05, 0.1) is 6.10 Å².